The maximum Gasteiger partial charge on any atom is 0.191 e. The number of nitrogen functional groups attached to an aromatic ring is 1. The van der Waals surface area contributed by atoms with Crippen molar-refractivity contribution in [2.45, 2.75) is 5.03 Å². The van der Waals surface area contributed by atoms with Gasteiger partial charge in [0.15, 0.2) is 5.78 Å². The molecule has 0 bridgehead atoms. The van der Waals surface area contributed by atoms with E-state index in [1.165, 1.54) is 6.20 Å². The Labute approximate surface area is 170 Å². The Balaban J connectivity index is 2.03. The molecule has 0 spiro atoms. The average molecular weight is 406 g/mol. The lowest BCUT2D eigenvalue weighted by atomic mass is 9.97. The molecule has 2 heterocycles. The number of anilines is 1. The number of hydrogen-bond donors (Lipinski definition) is 1. The van der Waals surface area contributed by atoms with E-state index in [1.54, 1.807) is 42.5 Å². The quantitative estimate of drug-likeness (QED) is 0.501. The van der Waals surface area contributed by atoms with Gasteiger partial charge in [-0.1, -0.05) is 41.6 Å². The van der Waals surface area contributed by atoms with Crippen LogP contribution in [0.5, 0.6) is 0 Å². The van der Waals surface area contributed by atoms with Crippen molar-refractivity contribution >= 4 is 35.0 Å². The molecule has 0 unspecified atom stereocenters. The number of rotatable bonds is 5. The van der Waals surface area contributed by atoms with Gasteiger partial charge in [-0.2, -0.15) is 10.5 Å². The van der Waals surface area contributed by atoms with Gasteiger partial charge >= 0.3 is 0 Å². The molecule has 0 saturated heterocycles. The van der Waals surface area contributed by atoms with Gasteiger partial charge in [0.2, 0.25) is 0 Å². The average Bonchev–Trinajstić information content (AvgIpc) is 2.72. The number of carbonyl (C=O) groups is 1. The topological polar surface area (TPSA) is 116 Å². The minimum Gasteiger partial charge on any atom is -0.383 e. The lowest BCUT2D eigenvalue weighted by molar-refractivity contribution is 0.101. The van der Waals surface area contributed by atoms with Crippen molar-refractivity contribution in [1.29, 1.82) is 10.5 Å². The van der Waals surface area contributed by atoms with Crippen LogP contribution in [0.15, 0.2) is 53.7 Å². The number of ketones is 1. The SMILES string of the molecule is N#Cc1c(N)nc(SCC(=O)c2ccccn2)c(C#N)c1-c1ccc(Cl)cc1. The van der Waals surface area contributed by atoms with E-state index < -0.39 is 0 Å². The first-order chi connectivity index (χ1) is 13.5. The second kappa shape index (κ2) is 8.53. The molecule has 2 aromatic heterocycles. The normalized spacial score (nSPS) is 10.1. The minimum atomic E-state index is -0.202. The maximum atomic E-state index is 12.3. The van der Waals surface area contributed by atoms with Gasteiger partial charge in [0.25, 0.3) is 0 Å². The lowest BCUT2D eigenvalue weighted by Crippen LogP contribution is -2.07. The Morgan fingerprint density at radius 2 is 1.82 bits per heavy atom. The summed E-state index contributed by atoms with van der Waals surface area (Å²) in [7, 11) is 0. The number of nitrogens with zero attached hydrogens (tertiary/aromatic N) is 4. The minimum absolute atomic E-state index is 0.000708. The van der Waals surface area contributed by atoms with Crippen molar-refractivity contribution in [3.8, 4) is 23.3 Å². The van der Waals surface area contributed by atoms with Crippen LogP contribution >= 0.6 is 23.4 Å². The molecule has 0 radical (unpaired) electrons. The zero-order valence-corrected chi connectivity index (χ0v) is 16.0. The highest BCUT2D eigenvalue weighted by molar-refractivity contribution is 8.00. The van der Waals surface area contributed by atoms with E-state index >= 15 is 0 Å². The molecule has 0 aliphatic rings. The van der Waals surface area contributed by atoms with E-state index in [1.807, 2.05) is 6.07 Å². The summed E-state index contributed by atoms with van der Waals surface area (Å²) in [5.74, 6) is -0.170. The molecule has 8 heteroatoms. The van der Waals surface area contributed by atoms with Crippen LogP contribution in [0, 0.1) is 22.7 Å². The van der Waals surface area contributed by atoms with E-state index in [0.717, 1.165) is 11.8 Å². The highest BCUT2D eigenvalue weighted by Gasteiger charge is 2.21. The van der Waals surface area contributed by atoms with Gasteiger partial charge in [0.1, 0.15) is 34.2 Å². The Morgan fingerprint density at radius 3 is 2.43 bits per heavy atom. The van der Waals surface area contributed by atoms with Gasteiger partial charge in [0, 0.05) is 16.8 Å². The van der Waals surface area contributed by atoms with Crippen LogP contribution < -0.4 is 5.73 Å². The van der Waals surface area contributed by atoms with Crippen molar-refractivity contribution in [1.82, 2.24) is 9.97 Å². The van der Waals surface area contributed by atoms with E-state index in [0.29, 0.717) is 21.8 Å². The zero-order chi connectivity index (χ0) is 20.1. The summed E-state index contributed by atoms with van der Waals surface area (Å²) in [6.45, 7) is 0. The number of hydrogen-bond acceptors (Lipinski definition) is 7. The Hall–Kier alpha value is -3.39. The largest absolute Gasteiger partial charge is 0.383 e. The van der Waals surface area contributed by atoms with Crippen LogP contribution in [0.3, 0.4) is 0 Å². The van der Waals surface area contributed by atoms with Crippen molar-refractivity contribution in [3.63, 3.8) is 0 Å². The van der Waals surface area contributed by atoms with Gasteiger partial charge in [-0.15, -0.1) is 0 Å². The third-order valence-corrected chi connectivity index (χ3v) is 5.07. The second-order valence-electron chi connectivity index (χ2n) is 5.58. The maximum absolute atomic E-state index is 12.3. The van der Waals surface area contributed by atoms with Gasteiger partial charge in [-0.05, 0) is 29.8 Å². The number of halogens is 1. The monoisotopic (exact) mass is 405 g/mol. The summed E-state index contributed by atoms with van der Waals surface area (Å²) in [6, 6.07) is 15.9. The van der Waals surface area contributed by atoms with Crippen LogP contribution in [-0.4, -0.2) is 21.5 Å². The predicted molar refractivity (Wildman–Crippen MR) is 108 cm³/mol. The first-order valence-electron chi connectivity index (χ1n) is 8.01. The summed E-state index contributed by atoms with van der Waals surface area (Å²) in [5.41, 5.74) is 7.58. The van der Waals surface area contributed by atoms with Crippen LogP contribution in [-0.2, 0) is 0 Å². The molecule has 0 atom stereocenters. The molecule has 28 heavy (non-hydrogen) atoms. The first-order valence-corrected chi connectivity index (χ1v) is 9.38. The third-order valence-electron chi connectivity index (χ3n) is 3.84. The van der Waals surface area contributed by atoms with E-state index in [-0.39, 0.29) is 33.5 Å². The van der Waals surface area contributed by atoms with Gasteiger partial charge < -0.3 is 5.73 Å². The highest BCUT2D eigenvalue weighted by Crippen LogP contribution is 2.36. The number of pyridine rings is 2. The highest BCUT2D eigenvalue weighted by atomic mass is 35.5. The number of aromatic nitrogens is 2. The molecule has 2 N–H and O–H groups in total. The number of nitrogens with two attached hydrogens (primary N) is 1. The summed E-state index contributed by atoms with van der Waals surface area (Å²) in [4.78, 5) is 20.5. The fourth-order valence-corrected chi connectivity index (χ4v) is 3.54. The summed E-state index contributed by atoms with van der Waals surface area (Å²) < 4.78 is 0. The predicted octanol–water partition coefficient (Wildman–Crippen LogP) is 4.10. The standard InChI is InChI=1S/C20H12ClN5OS/c21-13-6-4-12(5-7-13)18-14(9-22)19(24)26-20(15(18)10-23)28-11-17(27)16-3-1-2-8-25-16/h1-8H,11H2,(H2,24,26). The van der Waals surface area contributed by atoms with E-state index in [4.69, 9.17) is 17.3 Å². The fraction of sp³-hybridized carbons (Fsp3) is 0.0500. The molecule has 0 fully saturated rings. The van der Waals surface area contributed by atoms with Gasteiger partial charge in [-0.3, -0.25) is 9.78 Å². The molecular weight excluding hydrogens is 394 g/mol. The van der Waals surface area contributed by atoms with E-state index in [9.17, 15) is 15.3 Å². The van der Waals surface area contributed by atoms with Crippen molar-refractivity contribution in [3.05, 3.63) is 70.5 Å². The number of benzene rings is 1. The third kappa shape index (κ3) is 3.96. The zero-order valence-electron chi connectivity index (χ0n) is 14.4. The van der Waals surface area contributed by atoms with Crippen molar-refractivity contribution < 1.29 is 4.79 Å². The lowest BCUT2D eigenvalue weighted by Gasteiger charge is -2.13. The Morgan fingerprint density at radius 1 is 1.11 bits per heavy atom. The van der Waals surface area contributed by atoms with Crippen LogP contribution in [0.2, 0.25) is 5.02 Å². The summed E-state index contributed by atoms with van der Waals surface area (Å²) in [5, 5.41) is 20.1. The second-order valence-corrected chi connectivity index (χ2v) is 6.99. The molecule has 6 nitrogen and oxygen atoms in total. The number of carbonyl (C=O) groups excluding carboxylic acids is 1. The number of thioether (sulfide) groups is 1. The molecule has 0 saturated carbocycles. The molecular formula is C20H12ClN5OS. The number of nitriles is 2. The number of Topliss-reactive ketones (excluding diaryl/α,β-unsaturated/α-hetero) is 1. The molecule has 3 aromatic rings. The first kappa shape index (κ1) is 19.4. The summed E-state index contributed by atoms with van der Waals surface area (Å²) >= 11 is 7.02. The smallest absolute Gasteiger partial charge is 0.191 e. The van der Waals surface area contributed by atoms with E-state index in [2.05, 4.69) is 16.0 Å². The summed E-state index contributed by atoms with van der Waals surface area (Å²) in [6.07, 6.45) is 1.54. The van der Waals surface area contributed by atoms with Crippen molar-refractivity contribution in [2.24, 2.45) is 0 Å². The molecule has 0 aliphatic heterocycles. The molecule has 3 rings (SSSR count). The van der Waals surface area contributed by atoms with Crippen LogP contribution in [0.1, 0.15) is 21.6 Å². The molecule has 136 valence electrons. The van der Waals surface area contributed by atoms with Gasteiger partial charge in [-0.25, -0.2) is 4.98 Å². The van der Waals surface area contributed by atoms with Crippen LogP contribution in [0.4, 0.5) is 5.82 Å². The van der Waals surface area contributed by atoms with Crippen molar-refractivity contribution in [2.75, 3.05) is 11.5 Å². The molecule has 0 amide bonds. The fourth-order valence-electron chi connectivity index (χ4n) is 2.54. The van der Waals surface area contributed by atoms with Crippen LogP contribution in [0.25, 0.3) is 11.1 Å². The van der Waals surface area contributed by atoms with Gasteiger partial charge in [0.05, 0.1) is 11.3 Å². The molecule has 1 aromatic carbocycles. The Bertz CT molecular complexity index is 1120. The molecule has 0 aliphatic carbocycles. The Kier molecular flexibility index (Phi) is 5.90.